The molecular weight excluding hydrogens is 376 g/mol. The average molecular weight is 419 g/mol. The quantitative estimate of drug-likeness (QED) is 0.169. The molecule has 0 radical (unpaired) electrons. The van der Waals surface area contributed by atoms with Crippen LogP contribution in [-0.2, 0) is 4.79 Å². The molecule has 0 spiro atoms. The van der Waals surface area contributed by atoms with Gasteiger partial charge in [-0.05, 0) is 12.8 Å². The van der Waals surface area contributed by atoms with E-state index in [0.29, 0.717) is 0 Å². The van der Waals surface area contributed by atoms with Crippen LogP contribution in [0.3, 0.4) is 0 Å². The van der Waals surface area contributed by atoms with Crippen LogP contribution in [0.2, 0.25) is 0 Å². The summed E-state index contributed by atoms with van der Waals surface area (Å²) in [5.74, 6) is -0.668. The van der Waals surface area contributed by atoms with Crippen LogP contribution < -0.4 is 0 Å². The number of rotatable bonds is 19. The van der Waals surface area contributed by atoms with Crippen molar-refractivity contribution in [2.75, 3.05) is 0 Å². The summed E-state index contributed by atoms with van der Waals surface area (Å²) in [4.78, 5) is 11.6. The van der Waals surface area contributed by atoms with Gasteiger partial charge in [-0.3, -0.25) is 4.79 Å². The van der Waals surface area contributed by atoms with Crippen molar-refractivity contribution >= 4 is 21.9 Å². The Bertz CT molecular complexity index is 306. The molecule has 1 atom stereocenters. The minimum absolute atomic E-state index is 0.668. The zero-order valence-electron chi connectivity index (χ0n) is 17.0. The second-order valence-corrected chi connectivity index (χ2v) is 9.24. The van der Waals surface area contributed by atoms with Crippen molar-refractivity contribution in [1.82, 2.24) is 0 Å². The molecule has 0 aliphatic heterocycles. The first-order chi connectivity index (χ1) is 12.1. The molecule has 0 bridgehead atoms. The third kappa shape index (κ3) is 14.8. The van der Waals surface area contributed by atoms with E-state index in [1.54, 1.807) is 0 Å². The van der Waals surface area contributed by atoms with Crippen LogP contribution in [0, 0.1) is 0 Å². The van der Waals surface area contributed by atoms with E-state index >= 15 is 0 Å². The number of carboxylic acids is 1. The number of alkyl halides is 1. The number of hydrogen-bond acceptors (Lipinski definition) is 1. The maximum atomic E-state index is 11.6. The van der Waals surface area contributed by atoms with Gasteiger partial charge in [-0.2, -0.15) is 0 Å². The summed E-state index contributed by atoms with van der Waals surface area (Å²) in [6, 6.07) is 0. The van der Waals surface area contributed by atoms with E-state index < -0.39 is 10.3 Å². The maximum Gasteiger partial charge on any atom is 0.320 e. The van der Waals surface area contributed by atoms with Crippen LogP contribution in [0.5, 0.6) is 0 Å². The molecule has 0 saturated carbocycles. The highest BCUT2D eigenvalue weighted by Gasteiger charge is 2.34. The first kappa shape index (κ1) is 24.9. The highest BCUT2D eigenvalue weighted by Crippen LogP contribution is 2.32. The fourth-order valence-corrected chi connectivity index (χ4v) is 3.98. The Morgan fingerprint density at radius 3 is 1.20 bits per heavy atom. The summed E-state index contributed by atoms with van der Waals surface area (Å²) in [7, 11) is 0. The van der Waals surface area contributed by atoms with E-state index in [2.05, 4.69) is 29.8 Å². The normalized spacial score (nSPS) is 13.7. The van der Waals surface area contributed by atoms with Crippen LogP contribution in [-0.4, -0.2) is 15.4 Å². The number of aliphatic carboxylic acids is 1. The van der Waals surface area contributed by atoms with Gasteiger partial charge in [0.15, 0.2) is 0 Å². The highest BCUT2D eigenvalue weighted by molar-refractivity contribution is 9.10. The van der Waals surface area contributed by atoms with Crippen molar-refractivity contribution in [2.24, 2.45) is 0 Å². The molecule has 1 N–H and O–H groups in total. The smallest absolute Gasteiger partial charge is 0.320 e. The standard InChI is InChI=1S/C22H43BrO2/c1-3-5-7-9-11-12-14-16-18-20-22(23,21(24)25)19-17-15-13-10-8-6-4-2/h3-20H2,1-2H3,(H,24,25). The SMILES string of the molecule is CCCCCCCCCCCC(Br)(CCCCCCCCC)C(=O)O. The number of carbonyl (C=O) groups is 1. The van der Waals surface area contributed by atoms with Gasteiger partial charge < -0.3 is 5.11 Å². The Kier molecular flexibility index (Phi) is 17.3. The largest absolute Gasteiger partial charge is 0.480 e. The van der Waals surface area contributed by atoms with E-state index in [1.165, 1.54) is 89.9 Å². The van der Waals surface area contributed by atoms with Gasteiger partial charge in [-0.15, -0.1) is 0 Å². The Morgan fingerprint density at radius 1 is 0.640 bits per heavy atom. The molecule has 0 amide bonds. The van der Waals surface area contributed by atoms with E-state index in [0.717, 1.165) is 25.7 Å². The van der Waals surface area contributed by atoms with Crippen molar-refractivity contribution in [3.8, 4) is 0 Å². The van der Waals surface area contributed by atoms with Gasteiger partial charge in [0.25, 0.3) is 0 Å². The Labute approximate surface area is 165 Å². The van der Waals surface area contributed by atoms with Gasteiger partial charge in [0.1, 0.15) is 4.32 Å². The van der Waals surface area contributed by atoms with Gasteiger partial charge in [0, 0.05) is 0 Å². The predicted octanol–water partition coefficient (Wildman–Crippen LogP) is 8.27. The van der Waals surface area contributed by atoms with Crippen molar-refractivity contribution in [3.63, 3.8) is 0 Å². The zero-order valence-corrected chi connectivity index (χ0v) is 18.5. The van der Waals surface area contributed by atoms with Gasteiger partial charge in [0.05, 0.1) is 0 Å². The van der Waals surface area contributed by atoms with Crippen molar-refractivity contribution in [3.05, 3.63) is 0 Å². The second-order valence-electron chi connectivity index (χ2n) is 7.72. The van der Waals surface area contributed by atoms with Crippen LogP contribution in [0.15, 0.2) is 0 Å². The Morgan fingerprint density at radius 2 is 0.920 bits per heavy atom. The topological polar surface area (TPSA) is 37.3 Å². The molecule has 0 aliphatic carbocycles. The highest BCUT2D eigenvalue weighted by atomic mass is 79.9. The number of carboxylic acid groups (broad SMARTS) is 1. The maximum absolute atomic E-state index is 11.6. The molecule has 150 valence electrons. The summed E-state index contributed by atoms with van der Waals surface area (Å²) in [5, 5.41) is 9.58. The van der Waals surface area contributed by atoms with Crippen LogP contribution in [0.4, 0.5) is 0 Å². The molecule has 0 aromatic rings. The fraction of sp³-hybridized carbons (Fsp3) is 0.955. The number of halogens is 1. The molecule has 0 aromatic carbocycles. The Balaban J connectivity index is 3.71. The van der Waals surface area contributed by atoms with Crippen molar-refractivity contribution < 1.29 is 9.90 Å². The zero-order chi connectivity index (χ0) is 18.8. The minimum atomic E-state index is -0.683. The van der Waals surface area contributed by atoms with Gasteiger partial charge in [-0.1, -0.05) is 133 Å². The Hall–Kier alpha value is -0.0500. The van der Waals surface area contributed by atoms with Crippen LogP contribution in [0.25, 0.3) is 0 Å². The molecule has 25 heavy (non-hydrogen) atoms. The lowest BCUT2D eigenvalue weighted by Crippen LogP contribution is -2.31. The van der Waals surface area contributed by atoms with E-state index in [4.69, 9.17) is 0 Å². The van der Waals surface area contributed by atoms with E-state index in [1.807, 2.05) is 0 Å². The van der Waals surface area contributed by atoms with Crippen molar-refractivity contribution in [2.45, 2.75) is 134 Å². The fourth-order valence-electron chi connectivity index (χ4n) is 3.42. The summed E-state index contributed by atoms with van der Waals surface area (Å²) in [6.45, 7) is 4.49. The van der Waals surface area contributed by atoms with Gasteiger partial charge >= 0.3 is 5.97 Å². The first-order valence-corrected chi connectivity index (χ1v) is 11.8. The van der Waals surface area contributed by atoms with Crippen LogP contribution in [0.1, 0.15) is 129 Å². The lowest BCUT2D eigenvalue weighted by molar-refractivity contribution is -0.140. The summed E-state index contributed by atoms with van der Waals surface area (Å²) in [5.41, 5.74) is 0. The molecule has 3 heteroatoms. The molecule has 0 heterocycles. The molecule has 0 aliphatic rings. The first-order valence-electron chi connectivity index (χ1n) is 11.0. The molecule has 0 fully saturated rings. The third-order valence-corrected chi connectivity index (χ3v) is 6.37. The molecule has 0 aromatic heterocycles. The average Bonchev–Trinajstić information content (AvgIpc) is 2.59. The lowest BCUT2D eigenvalue weighted by Gasteiger charge is -2.22. The van der Waals surface area contributed by atoms with Crippen molar-refractivity contribution in [1.29, 1.82) is 0 Å². The summed E-state index contributed by atoms with van der Waals surface area (Å²) in [6.07, 6.45) is 21.7. The van der Waals surface area contributed by atoms with Gasteiger partial charge in [-0.25, -0.2) is 0 Å². The number of unbranched alkanes of at least 4 members (excludes halogenated alkanes) is 14. The molecule has 2 nitrogen and oxygen atoms in total. The monoisotopic (exact) mass is 418 g/mol. The van der Waals surface area contributed by atoms with Gasteiger partial charge in [0.2, 0.25) is 0 Å². The number of hydrogen-bond donors (Lipinski definition) is 1. The van der Waals surface area contributed by atoms with Crippen LogP contribution >= 0.6 is 15.9 Å². The van der Waals surface area contributed by atoms with E-state index in [-0.39, 0.29) is 0 Å². The lowest BCUT2D eigenvalue weighted by atomic mass is 9.94. The second kappa shape index (κ2) is 17.4. The minimum Gasteiger partial charge on any atom is -0.480 e. The molecule has 0 rings (SSSR count). The third-order valence-electron chi connectivity index (χ3n) is 5.24. The van der Waals surface area contributed by atoms with E-state index in [9.17, 15) is 9.90 Å². The molecule has 0 saturated heterocycles. The molecule has 1 unspecified atom stereocenters. The summed E-state index contributed by atoms with van der Waals surface area (Å²) < 4.78 is -0.683. The summed E-state index contributed by atoms with van der Waals surface area (Å²) >= 11 is 3.56. The molecular formula is C22H43BrO2. The predicted molar refractivity (Wildman–Crippen MR) is 114 cm³/mol.